The predicted molar refractivity (Wildman–Crippen MR) is 79.0 cm³/mol. The first kappa shape index (κ1) is 14.5. The standard InChI is InChI=1S/C14H14F2N2OS/c1-19-9-6-7-11(10(17)8-9)18-12-4-2-3-5-13(12)20-14(15)16/h2-8,14,18H,17H2,1H3. The van der Waals surface area contributed by atoms with E-state index in [2.05, 4.69) is 5.32 Å². The molecule has 3 nitrogen and oxygen atoms in total. The molecule has 20 heavy (non-hydrogen) atoms. The van der Waals surface area contributed by atoms with Gasteiger partial charge in [-0.25, -0.2) is 0 Å². The number of rotatable bonds is 5. The molecule has 0 saturated carbocycles. The minimum absolute atomic E-state index is 0.470. The first-order chi connectivity index (χ1) is 9.60. The Kier molecular flexibility index (Phi) is 4.68. The van der Waals surface area contributed by atoms with E-state index in [9.17, 15) is 8.78 Å². The summed E-state index contributed by atoms with van der Waals surface area (Å²) in [5.74, 6) is -1.82. The normalized spacial score (nSPS) is 10.6. The molecule has 6 heteroatoms. The zero-order chi connectivity index (χ0) is 14.5. The molecule has 0 aliphatic carbocycles. The van der Waals surface area contributed by atoms with Crippen LogP contribution in [0.2, 0.25) is 0 Å². The number of para-hydroxylation sites is 1. The van der Waals surface area contributed by atoms with Gasteiger partial charge in [-0.05, 0) is 24.3 Å². The molecule has 2 aromatic rings. The molecule has 0 heterocycles. The lowest BCUT2D eigenvalue weighted by Crippen LogP contribution is -1.98. The maximum atomic E-state index is 12.5. The van der Waals surface area contributed by atoms with Gasteiger partial charge in [0.15, 0.2) is 0 Å². The smallest absolute Gasteiger partial charge is 0.288 e. The van der Waals surface area contributed by atoms with Crippen molar-refractivity contribution in [3.8, 4) is 5.75 Å². The quantitative estimate of drug-likeness (QED) is 0.636. The fourth-order valence-electron chi connectivity index (χ4n) is 1.70. The number of anilines is 3. The van der Waals surface area contributed by atoms with Crippen molar-refractivity contribution in [2.24, 2.45) is 0 Å². The molecule has 0 atom stereocenters. The molecule has 0 unspecified atom stereocenters. The van der Waals surface area contributed by atoms with Gasteiger partial charge in [-0.15, -0.1) is 0 Å². The number of halogens is 2. The molecule has 106 valence electrons. The lowest BCUT2D eigenvalue weighted by atomic mass is 10.2. The second-order valence-electron chi connectivity index (χ2n) is 3.95. The zero-order valence-electron chi connectivity index (χ0n) is 10.8. The molecular weight excluding hydrogens is 282 g/mol. The fraction of sp³-hybridized carbons (Fsp3) is 0.143. The summed E-state index contributed by atoms with van der Waals surface area (Å²) in [6.45, 7) is 0. The Balaban J connectivity index is 2.26. The molecule has 2 rings (SSSR count). The topological polar surface area (TPSA) is 47.3 Å². The number of methoxy groups -OCH3 is 1. The van der Waals surface area contributed by atoms with Crippen molar-refractivity contribution in [3.63, 3.8) is 0 Å². The van der Waals surface area contributed by atoms with Gasteiger partial charge in [-0.2, -0.15) is 8.78 Å². The SMILES string of the molecule is COc1ccc(Nc2ccccc2SC(F)F)c(N)c1. The summed E-state index contributed by atoms with van der Waals surface area (Å²) in [4.78, 5) is 0.470. The van der Waals surface area contributed by atoms with Crippen LogP contribution in [0.3, 0.4) is 0 Å². The van der Waals surface area contributed by atoms with Crippen molar-refractivity contribution in [1.82, 2.24) is 0 Å². The summed E-state index contributed by atoms with van der Waals surface area (Å²) in [5, 5.41) is 3.06. The molecule has 0 saturated heterocycles. The molecule has 0 fully saturated rings. The van der Waals surface area contributed by atoms with Crippen LogP contribution in [-0.4, -0.2) is 12.9 Å². The molecule has 2 aromatic carbocycles. The molecule has 0 bridgehead atoms. The third-order valence-corrected chi connectivity index (χ3v) is 3.42. The van der Waals surface area contributed by atoms with Crippen LogP contribution in [-0.2, 0) is 0 Å². The summed E-state index contributed by atoms with van der Waals surface area (Å²) in [6.07, 6.45) is 0. The Morgan fingerprint density at radius 3 is 2.55 bits per heavy atom. The highest BCUT2D eigenvalue weighted by Gasteiger charge is 2.10. The monoisotopic (exact) mass is 296 g/mol. The Morgan fingerprint density at radius 2 is 1.90 bits per heavy atom. The van der Waals surface area contributed by atoms with Crippen molar-refractivity contribution < 1.29 is 13.5 Å². The second-order valence-corrected chi connectivity index (χ2v) is 4.98. The minimum Gasteiger partial charge on any atom is -0.497 e. The van der Waals surface area contributed by atoms with Crippen LogP contribution in [0.5, 0.6) is 5.75 Å². The Labute approximate surface area is 120 Å². The number of benzene rings is 2. The number of nitrogens with one attached hydrogen (secondary N) is 1. The van der Waals surface area contributed by atoms with Crippen LogP contribution < -0.4 is 15.8 Å². The van der Waals surface area contributed by atoms with Crippen LogP contribution in [0.15, 0.2) is 47.4 Å². The van der Waals surface area contributed by atoms with Gasteiger partial charge in [0, 0.05) is 11.0 Å². The first-order valence-electron chi connectivity index (χ1n) is 5.84. The van der Waals surface area contributed by atoms with E-state index in [1.54, 1.807) is 49.6 Å². The van der Waals surface area contributed by atoms with Gasteiger partial charge in [-0.3, -0.25) is 0 Å². The van der Waals surface area contributed by atoms with Crippen LogP contribution in [0.1, 0.15) is 0 Å². The van der Waals surface area contributed by atoms with E-state index in [1.807, 2.05) is 0 Å². The summed E-state index contributed by atoms with van der Waals surface area (Å²) in [7, 11) is 1.55. The number of alkyl halides is 2. The highest BCUT2D eigenvalue weighted by atomic mass is 32.2. The molecule has 0 aliphatic rings. The minimum atomic E-state index is -2.47. The number of nitrogen functional groups attached to an aromatic ring is 1. The third-order valence-electron chi connectivity index (χ3n) is 2.63. The van der Waals surface area contributed by atoms with Crippen molar-refractivity contribution >= 4 is 28.8 Å². The first-order valence-corrected chi connectivity index (χ1v) is 6.72. The van der Waals surface area contributed by atoms with Gasteiger partial charge in [0.25, 0.3) is 5.76 Å². The van der Waals surface area contributed by atoms with Gasteiger partial charge in [0.1, 0.15) is 5.75 Å². The highest BCUT2D eigenvalue weighted by Crippen LogP contribution is 2.35. The summed E-state index contributed by atoms with van der Waals surface area (Å²) in [5.41, 5.74) is 7.62. The number of ether oxygens (including phenoxy) is 1. The molecular formula is C14H14F2N2OS. The Hall–Kier alpha value is -1.95. The van der Waals surface area contributed by atoms with Gasteiger partial charge >= 0.3 is 0 Å². The highest BCUT2D eigenvalue weighted by molar-refractivity contribution is 7.99. The lowest BCUT2D eigenvalue weighted by molar-refractivity contribution is 0.252. The predicted octanol–water partition coefficient (Wildman–Crippen LogP) is 4.34. The van der Waals surface area contributed by atoms with Crippen molar-refractivity contribution in [2.75, 3.05) is 18.2 Å². The largest absolute Gasteiger partial charge is 0.497 e. The average molecular weight is 296 g/mol. The number of hydrogen-bond acceptors (Lipinski definition) is 4. The van der Waals surface area contributed by atoms with E-state index < -0.39 is 5.76 Å². The summed E-state index contributed by atoms with van der Waals surface area (Å²) < 4.78 is 30.1. The Morgan fingerprint density at radius 1 is 1.15 bits per heavy atom. The number of nitrogens with two attached hydrogens (primary N) is 1. The summed E-state index contributed by atoms with van der Waals surface area (Å²) in [6, 6.07) is 12.0. The van der Waals surface area contributed by atoms with Gasteiger partial charge in [-0.1, -0.05) is 23.9 Å². The van der Waals surface area contributed by atoms with Crippen LogP contribution in [0.4, 0.5) is 25.8 Å². The lowest BCUT2D eigenvalue weighted by Gasteiger charge is -2.13. The average Bonchev–Trinajstić information content (AvgIpc) is 2.42. The van der Waals surface area contributed by atoms with E-state index in [4.69, 9.17) is 10.5 Å². The fourth-order valence-corrected chi connectivity index (χ4v) is 2.29. The van der Waals surface area contributed by atoms with Crippen LogP contribution in [0, 0.1) is 0 Å². The number of thioether (sulfide) groups is 1. The van der Waals surface area contributed by atoms with Crippen molar-refractivity contribution in [3.05, 3.63) is 42.5 Å². The molecule has 0 aliphatic heterocycles. The third kappa shape index (κ3) is 3.54. The Bertz CT molecular complexity index is 593. The van der Waals surface area contributed by atoms with E-state index in [0.717, 1.165) is 0 Å². The molecule has 0 amide bonds. The summed E-state index contributed by atoms with van der Waals surface area (Å²) >= 11 is 0.496. The molecule has 0 radical (unpaired) electrons. The zero-order valence-corrected chi connectivity index (χ0v) is 11.6. The maximum Gasteiger partial charge on any atom is 0.288 e. The van der Waals surface area contributed by atoms with Gasteiger partial charge in [0.2, 0.25) is 0 Å². The van der Waals surface area contributed by atoms with Crippen LogP contribution >= 0.6 is 11.8 Å². The van der Waals surface area contributed by atoms with Gasteiger partial charge in [0.05, 0.1) is 24.2 Å². The van der Waals surface area contributed by atoms with E-state index in [0.29, 0.717) is 39.5 Å². The van der Waals surface area contributed by atoms with Crippen molar-refractivity contribution in [1.29, 1.82) is 0 Å². The molecule has 0 aromatic heterocycles. The van der Waals surface area contributed by atoms with E-state index >= 15 is 0 Å². The van der Waals surface area contributed by atoms with Gasteiger partial charge < -0.3 is 15.8 Å². The van der Waals surface area contributed by atoms with E-state index in [-0.39, 0.29) is 0 Å². The van der Waals surface area contributed by atoms with E-state index in [1.165, 1.54) is 0 Å². The second kappa shape index (κ2) is 6.47. The van der Waals surface area contributed by atoms with Crippen molar-refractivity contribution in [2.45, 2.75) is 10.7 Å². The van der Waals surface area contributed by atoms with Crippen LogP contribution in [0.25, 0.3) is 0 Å². The number of hydrogen-bond donors (Lipinski definition) is 2. The molecule has 3 N–H and O–H groups in total. The molecule has 0 spiro atoms. The maximum absolute atomic E-state index is 12.5.